The Morgan fingerprint density at radius 1 is 1.06 bits per heavy atom. The first-order chi connectivity index (χ1) is 17.5. The number of nitrogens with one attached hydrogen (secondary N) is 1. The Labute approximate surface area is 223 Å². The number of nitrogens with zero attached hydrogens (tertiary/aromatic N) is 2. The van der Waals surface area contributed by atoms with Gasteiger partial charge in [-0.1, -0.05) is 70.2 Å². The van der Waals surface area contributed by atoms with Crippen molar-refractivity contribution < 1.29 is 14.3 Å². The number of ether oxygens (including phenoxy) is 1. The van der Waals surface area contributed by atoms with E-state index in [1.807, 2.05) is 72.8 Å². The SMILES string of the molecule is COc1ccc(CCNC(=O)/C(C#N)=C2\S[C@H](Cc3ccc(Br)cc3)C(=O)N2c2ccccc2)cc1. The average molecular weight is 562 g/mol. The lowest BCUT2D eigenvalue weighted by molar-refractivity contribution is -0.117. The van der Waals surface area contributed by atoms with Gasteiger partial charge in [-0.05, 0) is 60.4 Å². The number of nitriles is 1. The first kappa shape index (κ1) is 25.5. The molecule has 1 aliphatic rings. The number of benzene rings is 3. The highest BCUT2D eigenvalue weighted by molar-refractivity contribution is 9.10. The van der Waals surface area contributed by atoms with Crippen LogP contribution < -0.4 is 15.0 Å². The molecule has 3 aromatic rings. The Bertz CT molecular complexity index is 1300. The molecule has 182 valence electrons. The van der Waals surface area contributed by atoms with Crippen molar-refractivity contribution in [2.75, 3.05) is 18.6 Å². The fraction of sp³-hybridized carbons (Fsp3) is 0.179. The summed E-state index contributed by atoms with van der Waals surface area (Å²) in [7, 11) is 1.61. The van der Waals surface area contributed by atoms with Crippen molar-refractivity contribution in [2.24, 2.45) is 0 Å². The number of halogens is 1. The van der Waals surface area contributed by atoms with Crippen molar-refractivity contribution in [2.45, 2.75) is 18.1 Å². The van der Waals surface area contributed by atoms with E-state index < -0.39 is 11.2 Å². The summed E-state index contributed by atoms with van der Waals surface area (Å²) in [5.74, 6) is 0.121. The molecule has 0 aliphatic carbocycles. The molecule has 0 unspecified atom stereocenters. The summed E-state index contributed by atoms with van der Waals surface area (Å²) >= 11 is 4.69. The number of hydrogen-bond acceptors (Lipinski definition) is 5. The lowest BCUT2D eigenvalue weighted by Gasteiger charge is -2.18. The summed E-state index contributed by atoms with van der Waals surface area (Å²) in [6.45, 7) is 0.357. The van der Waals surface area contributed by atoms with Crippen LogP contribution in [0.2, 0.25) is 0 Å². The van der Waals surface area contributed by atoms with E-state index in [9.17, 15) is 14.9 Å². The third-order valence-electron chi connectivity index (χ3n) is 5.71. The Morgan fingerprint density at radius 3 is 2.36 bits per heavy atom. The van der Waals surface area contributed by atoms with Crippen LogP contribution in [0.25, 0.3) is 0 Å². The number of methoxy groups -OCH3 is 1. The fourth-order valence-corrected chi connectivity index (χ4v) is 5.41. The van der Waals surface area contributed by atoms with Gasteiger partial charge >= 0.3 is 0 Å². The molecule has 1 N–H and O–H groups in total. The lowest BCUT2D eigenvalue weighted by Crippen LogP contribution is -2.32. The molecular formula is C28H24BrN3O3S. The van der Waals surface area contributed by atoms with Crippen LogP contribution in [0.15, 0.2) is 93.9 Å². The largest absolute Gasteiger partial charge is 0.497 e. The highest BCUT2D eigenvalue weighted by Crippen LogP contribution is 2.41. The summed E-state index contributed by atoms with van der Waals surface area (Å²) < 4.78 is 6.13. The molecule has 1 atom stereocenters. The van der Waals surface area contributed by atoms with Crippen LogP contribution in [-0.4, -0.2) is 30.7 Å². The van der Waals surface area contributed by atoms with Gasteiger partial charge < -0.3 is 10.1 Å². The van der Waals surface area contributed by atoms with Crippen LogP contribution in [0.3, 0.4) is 0 Å². The molecule has 1 saturated heterocycles. The van der Waals surface area contributed by atoms with Gasteiger partial charge in [0.15, 0.2) is 0 Å². The van der Waals surface area contributed by atoms with E-state index in [0.717, 1.165) is 21.3 Å². The van der Waals surface area contributed by atoms with Gasteiger partial charge in [0, 0.05) is 16.7 Å². The molecule has 0 spiro atoms. The number of carbonyl (C=O) groups is 2. The lowest BCUT2D eigenvalue weighted by atomic mass is 10.1. The van der Waals surface area contributed by atoms with E-state index in [0.29, 0.717) is 30.1 Å². The maximum absolute atomic E-state index is 13.5. The topological polar surface area (TPSA) is 82.4 Å². The highest BCUT2D eigenvalue weighted by Gasteiger charge is 2.40. The maximum Gasteiger partial charge on any atom is 0.264 e. The van der Waals surface area contributed by atoms with Crippen LogP contribution in [0.4, 0.5) is 5.69 Å². The van der Waals surface area contributed by atoms with E-state index in [-0.39, 0.29) is 11.5 Å². The Kier molecular flexibility index (Phi) is 8.47. The van der Waals surface area contributed by atoms with Crippen LogP contribution in [-0.2, 0) is 22.4 Å². The minimum Gasteiger partial charge on any atom is -0.497 e. The number of carbonyl (C=O) groups excluding carboxylic acids is 2. The van der Waals surface area contributed by atoms with Gasteiger partial charge in [0.05, 0.1) is 12.4 Å². The second-order valence-electron chi connectivity index (χ2n) is 8.09. The molecule has 0 saturated carbocycles. The molecule has 0 radical (unpaired) electrons. The maximum atomic E-state index is 13.5. The van der Waals surface area contributed by atoms with Gasteiger partial charge in [0.25, 0.3) is 5.91 Å². The molecule has 4 rings (SSSR count). The van der Waals surface area contributed by atoms with E-state index in [1.165, 1.54) is 16.7 Å². The van der Waals surface area contributed by atoms with Crippen LogP contribution >= 0.6 is 27.7 Å². The summed E-state index contributed by atoms with van der Waals surface area (Å²) in [4.78, 5) is 28.1. The molecule has 2 amide bonds. The fourth-order valence-electron chi connectivity index (χ4n) is 3.83. The number of anilines is 1. The van der Waals surface area contributed by atoms with Crippen molar-refractivity contribution in [1.82, 2.24) is 5.32 Å². The van der Waals surface area contributed by atoms with Gasteiger partial charge in [0.2, 0.25) is 5.91 Å². The Hall–Kier alpha value is -3.54. The number of hydrogen-bond donors (Lipinski definition) is 1. The zero-order valence-electron chi connectivity index (χ0n) is 19.6. The summed E-state index contributed by atoms with van der Waals surface area (Å²) in [6.07, 6.45) is 1.09. The standard InChI is InChI=1S/C28H24BrN3O3S/c1-35-23-13-9-19(10-14-23)15-16-31-26(33)24(18-30)28-32(22-5-3-2-4-6-22)27(34)25(36-28)17-20-7-11-21(29)12-8-20/h2-14,25H,15-17H2,1H3,(H,31,33)/b28-24-/t25-/m1/s1. The van der Waals surface area contributed by atoms with Crippen LogP contribution in [0.1, 0.15) is 11.1 Å². The molecule has 3 aromatic carbocycles. The van der Waals surface area contributed by atoms with Crippen LogP contribution in [0, 0.1) is 11.3 Å². The van der Waals surface area contributed by atoms with Gasteiger partial charge in [-0.25, -0.2) is 0 Å². The molecule has 0 aromatic heterocycles. The molecule has 1 heterocycles. The van der Waals surface area contributed by atoms with E-state index in [1.54, 1.807) is 19.2 Å². The highest BCUT2D eigenvalue weighted by atomic mass is 79.9. The first-order valence-electron chi connectivity index (χ1n) is 11.4. The van der Waals surface area contributed by atoms with Crippen molar-refractivity contribution in [3.63, 3.8) is 0 Å². The third kappa shape index (κ3) is 5.99. The van der Waals surface area contributed by atoms with Crippen LogP contribution in [0.5, 0.6) is 5.75 Å². The average Bonchev–Trinajstić information content (AvgIpc) is 3.22. The van der Waals surface area contributed by atoms with Crippen molar-refractivity contribution in [1.29, 1.82) is 5.26 Å². The first-order valence-corrected chi connectivity index (χ1v) is 13.0. The third-order valence-corrected chi connectivity index (χ3v) is 7.50. The number of thioether (sulfide) groups is 1. The molecule has 0 bridgehead atoms. The van der Waals surface area contributed by atoms with Gasteiger partial charge in [0.1, 0.15) is 22.4 Å². The Morgan fingerprint density at radius 2 is 1.72 bits per heavy atom. The van der Waals surface area contributed by atoms with Crippen molar-refractivity contribution in [3.8, 4) is 11.8 Å². The van der Waals surface area contributed by atoms with Gasteiger partial charge in [-0.3, -0.25) is 14.5 Å². The summed E-state index contributed by atoms with van der Waals surface area (Å²) in [5.41, 5.74) is 2.60. The molecule has 1 aliphatic heterocycles. The van der Waals surface area contributed by atoms with Gasteiger partial charge in [-0.2, -0.15) is 5.26 Å². The van der Waals surface area contributed by atoms with Gasteiger partial charge in [-0.15, -0.1) is 0 Å². The summed E-state index contributed by atoms with van der Waals surface area (Å²) in [6, 6.07) is 26.6. The predicted octanol–water partition coefficient (Wildman–Crippen LogP) is 5.24. The zero-order valence-corrected chi connectivity index (χ0v) is 22.0. The van der Waals surface area contributed by atoms with E-state index in [2.05, 4.69) is 21.2 Å². The zero-order chi connectivity index (χ0) is 25.5. The molecular weight excluding hydrogens is 538 g/mol. The summed E-state index contributed by atoms with van der Waals surface area (Å²) in [5, 5.41) is 12.7. The van der Waals surface area contributed by atoms with E-state index >= 15 is 0 Å². The minimum absolute atomic E-state index is 0.0646. The second kappa shape index (κ2) is 11.9. The molecule has 6 nitrogen and oxygen atoms in total. The predicted molar refractivity (Wildman–Crippen MR) is 145 cm³/mol. The van der Waals surface area contributed by atoms with Crippen molar-refractivity contribution >= 4 is 45.2 Å². The molecule has 8 heteroatoms. The number of rotatable bonds is 8. The van der Waals surface area contributed by atoms with Crippen molar-refractivity contribution in [3.05, 3.63) is 105 Å². The number of para-hydroxylation sites is 1. The van der Waals surface area contributed by atoms with E-state index in [4.69, 9.17) is 4.74 Å². The normalized spacial score (nSPS) is 16.4. The second-order valence-corrected chi connectivity index (χ2v) is 10.2. The minimum atomic E-state index is -0.494. The molecule has 36 heavy (non-hydrogen) atoms. The smallest absolute Gasteiger partial charge is 0.264 e. The number of amides is 2. The quantitative estimate of drug-likeness (QED) is 0.300. The monoisotopic (exact) mass is 561 g/mol. The Balaban J connectivity index is 1.55. The molecule has 1 fully saturated rings.